The van der Waals surface area contributed by atoms with Crippen molar-refractivity contribution in [3.63, 3.8) is 0 Å². The third-order valence-corrected chi connectivity index (χ3v) is 5.47. The average Bonchev–Trinajstić information content (AvgIpc) is 3.23. The molecule has 0 saturated heterocycles. The van der Waals surface area contributed by atoms with Gasteiger partial charge in [-0.05, 0) is 30.9 Å². The average molecular weight is 283 g/mol. The maximum absolute atomic E-state index is 12.7. The molecule has 1 saturated carbocycles. The lowest BCUT2D eigenvalue weighted by Crippen LogP contribution is -2.34. The molecule has 0 aliphatic heterocycles. The van der Waals surface area contributed by atoms with Crippen LogP contribution in [0.3, 0.4) is 0 Å². The number of aliphatic hydroxyl groups is 1. The Kier molecular flexibility index (Phi) is 4.60. The molecule has 19 heavy (non-hydrogen) atoms. The van der Waals surface area contributed by atoms with E-state index in [2.05, 4.69) is 6.92 Å². The Morgan fingerprint density at radius 1 is 1.32 bits per heavy atom. The number of nitrogens with zero attached hydrogens (tertiary/aromatic N) is 1. The Morgan fingerprint density at radius 2 is 2.00 bits per heavy atom. The Hall–Kier alpha value is -0.910. The Labute approximate surface area is 115 Å². The van der Waals surface area contributed by atoms with E-state index in [4.69, 9.17) is 0 Å². The molecule has 1 aliphatic rings. The van der Waals surface area contributed by atoms with Gasteiger partial charge in [-0.1, -0.05) is 31.5 Å². The molecule has 0 spiro atoms. The van der Waals surface area contributed by atoms with Gasteiger partial charge in [-0.25, -0.2) is 8.42 Å². The highest BCUT2D eigenvalue weighted by molar-refractivity contribution is 7.89. The highest BCUT2D eigenvalue weighted by Crippen LogP contribution is 2.33. The zero-order valence-electron chi connectivity index (χ0n) is 11.2. The zero-order chi connectivity index (χ0) is 13.9. The summed E-state index contributed by atoms with van der Waals surface area (Å²) >= 11 is 0. The summed E-state index contributed by atoms with van der Waals surface area (Å²) in [6, 6.07) is 6.86. The van der Waals surface area contributed by atoms with Crippen molar-refractivity contribution in [2.75, 3.05) is 6.54 Å². The standard InChI is InChI=1S/C14H21NO3S/c1-2-3-10-15(13-8-9-13)19(17,18)14-7-5-4-6-12(14)11-16/h4-7,13,16H,2-3,8-11H2,1H3. The van der Waals surface area contributed by atoms with Gasteiger partial charge >= 0.3 is 0 Å². The predicted molar refractivity (Wildman–Crippen MR) is 74.2 cm³/mol. The van der Waals surface area contributed by atoms with Crippen LogP contribution in [0.5, 0.6) is 0 Å². The summed E-state index contributed by atoms with van der Waals surface area (Å²) in [7, 11) is -3.48. The van der Waals surface area contributed by atoms with Gasteiger partial charge in [0.15, 0.2) is 0 Å². The molecule has 0 unspecified atom stereocenters. The zero-order valence-corrected chi connectivity index (χ0v) is 12.1. The van der Waals surface area contributed by atoms with Crippen molar-refractivity contribution in [2.45, 2.75) is 50.2 Å². The molecule has 0 heterocycles. The first-order valence-corrected chi connectivity index (χ1v) is 8.26. The van der Waals surface area contributed by atoms with Crippen LogP contribution in [-0.2, 0) is 16.6 Å². The Bertz CT molecular complexity index is 523. The number of rotatable bonds is 7. The van der Waals surface area contributed by atoms with Gasteiger partial charge < -0.3 is 5.11 Å². The molecule has 1 aromatic rings. The molecule has 2 rings (SSSR count). The van der Waals surface area contributed by atoms with E-state index in [-0.39, 0.29) is 17.5 Å². The SMILES string of the molecule is CCCCN(C1CC1)S(=O)(=O)c1ccccc1CO. The van der Waals surface area contributed by atoms with Gasteiger partial charge in [0.25, 0.3) is 0 Å². The fourth-order valence-corrected chi connectivity index (χ4v) is 4.13. The minimum absolute atomic E-state index is 0.156. The van der Waals surface area contributed by atoms with E-state index in [9.17, 15) is 13.5 Å². The van der Waals surface area contributed by atoms with Crippen molar-refractivity contribution in [3.05, 3.63) is 29.8 Å². The minimum Gasteiger partial charge on any atom is -0.392 e. The largest absolute Gasteiger partial charge is 0.392 e. The maximum atomic E-state index is 12.7. The van der Waals surface area contributed by atoms with Crippen molar-refractivity contribution in [1.82, 2.24) is 4.31 Å². The fourth-order valence-electron chi connectivity index (χ4n) is 2.19. The molecular weight excluding hydrogens is 262 g/mol. The summed E-state index contributed by atoms with van der Waals surface area (Å²) in [6.45, 7) is 2.38. The molecule has 1 aromatic carbocycles. The number of hydrogen-bond acceptors (Lipinski definition) is 3. The van der Waals surface area contributed by atoms with Crippen LogP contribution >= 0.6 is 0 Å². The van der Waals surface area contributed by atoms with Crippen molar-refractivity contribution < 1.29 is 13.5 Å². The number of unbranched alkanes of at least 4 members (excludes halogenated alkanes) is 1. The summed E-state index contributed by atoms with van der Waals surface area (Å²) in [6.07, 6.45) is 3.74. The van der Waals surface area contributed by atoms with Crippen LogP contribution in [0.4, 0.5) is 0 Å². The van der Waals surface area contributed by atoms with Gasteiger partial charge in [0.05, 0.1) is 11.5 Å². The van der Waals surface area contributed by atoms with E-state index in [1.807, 2.05) is 0 Å². The predicted octanol–water partition coefficient (Wildman–Crippen LogP) is 2.13. The summed E-state index contributed by atoms with van der Waals surface area (Å²) in [4.78, 5) is 0.250. The van der Waals surface area contributed by atoms with Gasteiger partial charge in [0.1, 0.15) is 0 Å². The van der Waals surface area contributed by atoms with Crippen LogP contribution in [0.1, 0.15) is 38.2 Å². The van der Waals surface area contributed by atoms with Crippen LogP contribution < -0.4 is 0 Å². The molecule has 106 valence electrons. The molecule has 1 aliphatic carbocycles. The highest BCUT2D eigenvalue weighted by Gasteiger charge is 2.38. The normalized spacial score (nSPS) is 15.9. The molecule has 0 amide bonds. The van der Waals surface area contributed by atoms with Crippen LogP contribution in [0.25, 0.3) is 0 Å². The Balaban J connectivity index is 2.33. The molecular formula is C14H21NO3S. The molecule has 0 aromatic heterocycles. The van der Waals surface area contributed by atoms with Gasteiger partial charge in [-0.15, -0.1) is 0 Å². The monoisotopic (exact) mass is 283 g/mol. The number of benzene rings is 1. The molecule has 0 bridgehead atoms. The molecule has 4 nitrogen and oxygen atoms in total. The molecule has 0 radical (unpaired) electrons. The van der Waals surface area contributed by atoms with Crippen LogP contribution in [0.15, 0.2) is 29.2 Å². The lowest BCUT2D eigenvalue weighted by molar-refractivity contribution is 0.278. The van der Waals surface area contributed by atoms with Crippen molar-refractivity contribution >= 4 is 10.0 Å². The van der Waals surface area contributed by atoms with Gasteiger partial charge in [-0.2, -0.15) is 4.31 Å². The second-order valence-electron chi connectivity index (χ2n) is 4.97. The quantitative estimate of drug-likeness (QED) is 0.834. The lowest BCUT2D eigenvalue weighted by atomic mass is 10.2. The first kappa shape index (κ1) is 14.5. The molecule has 1 N–H and O–H groups in total. The third-order valence-electron chi connectivity index (χ3n) is 3.42. The van der Waals surface area contributed by atoms with Crippen LogP contribution in [-0.4, -0.2) is 30.4 Å². The first-order chi connectivity index (χ1) is 9.11. The van der Waals surface area contributed by atoms with E-state index in [1.165, 1.54) is 0 Å². The van der Waals surface area contributed by atoms with Crippen molar-refractivity contribution in [3.8, 4) is 0 Å². The summed E-state index contributed by atoms with van der Waals surface area (Å²) in [5, 5.41) is 9.31. The van der Waals surface area contributed by atoms with Crippen LogP contribution in [0, 0.1) is 0 Å². The Morgan fingerprint density at radius 3 is 2.58 bits per heavy atom. The number of sulfonamides is 1. The van der Waals surface area contributed by atoms with E-state index in [1.54, 1.807) is 28.6 Å². The van der Waals surface area contributed by atoms with Gasteiger partial charge in [-0.3, -0.25) is 0 Å². The van der Waals surface area contributed by atoms with Crippen LogP contribution in [0.2, 0.25) is 0 Å². The lowest BCUT2D eigenvalue weighted by Gasteiger charge is -2.22. The summed E-state index contributed by atoms with van der Waals surface area (Å²) < 4.78 is 27.0. The smallest absolute Gasteiger partial charge is 0.243 e. The van der Waals surface area contributed by atoms with Crippen molar-refractivity contribution in [1.29, 1.82) is 0 Å². The van der Waals surface area contributed by atoms with Gasteiger partial charge in [0.2, 0.25) is 10.0 Å². The second-order valence-corrected chi connectivity index (χ2v) is 6.83. The maximum Gasteiger partial charge on any atom is 0.243 e. The second kappa shape index (κ2) is 6.03. The van der Waals surface area contributed by atoms with E-state index >= 15 is 0 Å². The topological polar surface area (TPSA) is 57.6 Å². The molecule has 5 heteroatoms. The number of hydrogen-bond donors (Lipinski definition) is 1. The number of aliphatic hydroxyl groups excluding tert-OH is 1. The van der Waals surface area contributed by atoms with Gasteiger partial charge in [0, 0.05) is 12.6 Å². The summed E-state index contributed by atoms with van der Waals surface area (Å²) in [5.74, 6) is 0. The fraction of sp³-hybridized carbons (Fsp3) is 0.571. The first-order valence-electron chi connectivity index (χ1n) is 6.82. The molecule has 0 atom stereocenters. The van der Waals surface area contributed by atoms with E-state index in [0.717, 1.165) is 25.7 Å². The van der Waals surface area contributed by atoms with E-state index < -0.39 is 10.0 Å². The molecule has 1 fully saturated rings. The highest BCUT2D eigenvalue weighted by atomic mass is 32.2. The summed E-state index contributed by atoms with van der Waals surface area (Å²) in [5.41, 5.74) is 0.477. The van der Waals surface area contributed by atoms with Crippen molar-refractivity contribution in [2.24, 2.45) is 0 Å². The minimum atomic E-state index is -3.48. The third kappa shape index (κ3) is 3.16. The van der Waals surface area contributed by atoms with E-state index in [0.29, 0.717) is 12.1 Å².